The summed E-state index contributed by atoms with van der Waals surface area (Å²) in [5.41, 5.74) is 7.11. The second-order valence-electron chi connectivity index (χ2n) is 4.51. The number of nitrogens with one attached hydrogen (secondary N) is 1. The van der Waals surface area contributed by atoms with Gasteiger partial charge in [0.1, 0.15) is 5.84 Å². The quantitative estimate of drug-likeness (QED) is 0.626. The highest BCUT2D eigenvalue weighted by Gasteiger charge is 2.10. The fourth-order valence-corrected chi connectivity index (χ4v) is 2.05. The number of amidine groups is 1. The smallest absolute Gasteiger partial charge is 0.124 e. The molecule has 0 amide bonds. The van der Waals surface area contributed by atoms with Gasteiger partial charge in [0.2, 0.25) is 0 Å². The molecule has 1 aromatic rings. The van der Waals surface area contributed by atoms with E-state index >= 15 is 0 Å². The number of halogens is 1. The number of anilines is 1. The largest absolute Gasteiger partial charge is 0.384 e. The van der Waals surface area contributed by atoms with Crippen molar-refractivity contribution in [2.75, 3.05) is 18.0 Å². The summed E-state index contributed by atoms with van der Waals surface area (Å²) in [5.74, 6) is 0.606. The van der Waals surface area contributed by atoms with Gasteiger partial charge in [0.05, 0.1) is 5.02 Å². The Morgan fingerprint density at radius 3 is 2.53 bits per heavy atom. The molecule has 1 rings (SSSR count). The van der Waals surface area contributed by atoms with Crippen LogP contribution in [0.15, 0.2) is 18.2 Å². The van der Waals surface area contributed by atoms with Gasteiger partial charge in [0, 0.05) is 24.3 Å². The molecule has 3 nitrogen and oxygen atoms in total. The van der Waals surface area contributed by atoms with Crippen LogP contribution < -0.4 is 10.6 Å². The normalized spacial score (nSPS) is 10.6. The van der Waals surface area contributed by atoms with Gasteiger partial charge in [-0.05, 0) is 31.0 Å². The maximum Gasteiger partial charge on any atom is 0.124 e. The highest BCUT2D eigenvalue weighted by atomic mass is 35.5. The molecule has 0 unspecified atom stereocenters. The summed E-state index contributed by atoms with van der Waals surface area (Å²) in [6, 6.07) is 5.65. The van der Waals surface area contributed by atoms with Crippen molar-refractivity contribution in [2.45, 2.75) is 20.8 Å². The monoisotopic (exact) mass is 253 g/mol. The van der Waals surface area contributed by atoms with Gasteiger partial charge in [-0.3, -0.25) is 5.41 Å². The molecular formula is C13H20ClN3. The number of nitrogens with two attached hydrogens (primary N) is 1. The minimum absolute atomic E-state index is 0.00783. The van der Waals surface area contributed by atoms with Crippen LogP contribution in [0.3, 0.4) is 0 Å². The van der Waals surface area contributed by atoms with Crippen LogP contribution in [0.5, 0.6) is 0 Å². The van der Waals surface area contributed by atoms with Crippen LogP contribution in [-0.4, -0.2) is 18.9 Å². The summed E-state index contributed by atoms with van der Waals surface area (Å²) in [4.78, 5) is 2.26. The molecule has 0 aliphatic heterocycles. The summed E-state index contributed by atoms with van der Waals surface area (Å²) in [5, 5.41) is 7.93. The number of nitrogen functional groups attached to an aromatic ring is 1. The second-order valence-corrected chi connectivity index (χ2v) is 4.92. The average Bonchev–Trinajstić information content (AvgIpc) is 2.24. The molecule has 0 fully saturated rings. The molecule has 3 N–H and O–H groups in total. The Morgan fingerprint density at radius 2 is 2.12 bits per heavy atom. The van der Waals surface area contributed by atoms with Crippen molar-refractivity contribution < 1.29 is 0 Å². The maximum absolute atomic E-state index is 7.39. The van der Waals surface area contributed by atoms with Crippen molar-refractivity contribution in [1.82, 2.24) is 0 Å². The van der Waals surface area contributed by atoms with Gasteiger partial charge in [0.15, 0.2) is 0 Å². The van der Waals surface area contributed by atoms with Gasteiger partial charge in [-0.2, -0.15) is 0 Å². The van der Waals surface area contributed by atoms with E-state index in [4.69, 9.17) is 22.7 Å². The molecule has 0 heterocycles. The zero-order valence-electron chi connectivity index (χ0n) is 10.6. The minimum Gasteiger partial charge on any atom is -0.384 e. The first-order chi connectivity index (χ1) is 7.95. The lowest BCUT2D eigenvalue weighted by Crippen LogP contribution is -2.27. The first-order valence-corrected chi connectivity index (χ1v) is 6.22. The Kier molecular flexibility index (Phi) is 4.82. The molecule has 0 saturated heterocycles. The molecule has 0 saturated carbocycles. The molecule has 0 aliphatic rings. The molecule has 0 spiro atoms. The lowest BCUT2D eigenvalue weighted by atomic mass is 10.1. The Hall–Kier alpha value is -1.22. The van der Waals surface area contributed by atoms with Gasteiger partial charge in [-0.15, -0.1) is 0 Å². The molecule has 0 radical (unpaired) electrons. The van der Waals surface area contributed by atoms with E-state index in [-0.39, 0.29) is 5.84 Å². The van der Waals surface area contributed by atoms with E-state index in [0.717, 1.165) is 18.8 Å². The summed E-state index contributed by atoms with van der Waals surface area (Å²) in [6.07, 6.45) is 0. The highest BCUT2D eigenvalue weighted by molar-refractivity contribution is 6.34. The molecular weight excluding hydrogens is 234 g/mol. The van der Waals surface area contributed by atoms with Crippen LogP contribution >= 0.6 is 11.6 Å². The molecule has 4 heteroatoms. The van der Waals surface area contributed by atoms with E-state index in [2.05, 4.69) is 25.7 Å². The van der Waals surface area contributed by atoms with E-state index in [9.17, 15) is 0 Å². The van der Waals surface area contributed by atoms with Gasteiger partial charge >= 0.3 is 0 Å². The second kappa shape index (κ2) is 5.92. The van der Waals surface area contributed by atoms with E-state index in [0.29, 0.717) is 16.5 Å². The third-order valence-corrected chi connectivity index (χ3v) is 2.89. The Labute approximate surface area is 108 Å². The fraction of sp³-hybridized carbons (Fsp3) is 0.462. The molecule has 94 valence electrons. The Bertz CT molecular complexity index is 402. The number of nitrogens with zero attached hydrogens (tertiary/aromatic N) is 1. The third kappa shape index (κ3) is 3.63. The molecule has 0 aliphatic carbocycles. The minimum atomic E-state index is 0.00783. The highest BCUT2D eigenvalue weighted by Crippen LogP contribution is 2.24. The molecule has 0 bridgehead atoms. The van der Waals surface area contributed by atoms with Gasteiger partial charge in [-0.1, -0.05) is 25.4 Å². The van der Waals surface area contributed by atoms with Crippen LogP contribution in [0.1, 0.15) is 26.3 Å². The van der Waals surface area contributed by atoms with Crippen molar-refractivity contribution in [3.8, 4) is 0 Å². The predicted molar refractivity (Wildman–Crippen MR) is 75.2 cm³/mol. The zero-order valence-corrected chi connectivity index (χ0v) is 11.4. The number of hydrogen-bond donors (Lipinski definition) is 2. The third-order valence-electron chi connectivity index (χ3n) is 2.58. The number of benzene rings is 1. The Balaban J connectivity index is 2.98. The van der Waals surface area contributed by atoms with Crippen LogP contribution in [0.25, 0.3) is 0 Å². The zero-order chi connectivity index (χ0) is 13.0. The van der Waals surface area contributed by atoms with Crippen molar-refractivity contribution in [3.05, 3.63) is 28.8 Å². The average molecular weight is 254 g/mol. The standard InChI is InChI=1S/C13H20ClN3/c1-4-17(8-9(2)3)10-5-6-11(13(15)16)12(14)7-10/h5-7,9H,4,8H2,1-3H3,(H3,15,16). The molecule has 17 heavy (non-hydrogen) atoms. The van der Waals surface area contributed by atoms with E-state index in [1.807, 2.05) is 18.2 Å². The molecule has 1 aromatic carbocycles. The SMILES string of the molecule is CCN(CC(C)C)c1ccc(C(=N)N)c(Cl)c1. The first-order valence-electron chi connectivity index (χ1n) is 5.84. The van der Waals surface area contributed by atoms with E-state index in [1.54, 1.807) is 0 Å². The topological polar surface area (TPSA) is 53.1 Å². The maximum atomic E-state index is 7.39. The van der Waals surface area contributed by atoms with Crippen LogP contribution in [0.2, 0.25) is 5.02 Å². The van der Waals surface area contributed by atoms with Gasteiger partial charge in [-0.25, -0.2) is 0 Å². The fourth-order valence-electron chi connectivity index (χ4n) is 1.78. The Morgan fingerprint density at radius 1 is 1.47 bits per heavy atom. The number of rotatable bonds is 5. The molecule has 0 aromatic heterocycles. The predicted octanol–water partition coefficient (Wildman–Crippen LogP) is 3.11. The van der Waals surface area contributed by atoms with Gasteiger partial charge in [0.25, 0.3) is 0 Å². The number of hydrogen-bond acceptors (Lipinski definition) is 2. The van der Waals surface area contributed by atoms with E-state index in [1.165, 1.54) is 0 Å². The van der Waals surface area contributed by atoms with Crippen molar-refractivity contribution in [3.63, 3.8) is 0 Å². The van der Waals surface area contributed by atoms with Crippen molar-refractivity contribution in [1.29, 1.82) is 5.41 Å². The van der Waals surface area contributed by atoms with Crippen molar-refractivity contribution >= 4 is 23.1 Å². The first kappa shape index (κ1) is 13.8. The van der Waals surface area contributed by atoms with Crippen LogP contribution in [0, 0.1) is 11.3 Å². The van der Waals surface area contributed by atoms with Gasteiger partial charge < -0.3 is 10.6 Å². The lowest BCUT2D eigenvalue weighted by molar-refractivity contribution is 0.619. The van der Waals surface area contributed by atoms with E-state index < -0.39 is 0 Å². The summed E-state index contributed by atoms with van der Waals surface area (Å²) < 4.78 is 0. The summed E-state index contributed by atoms with van der Waals surface area (Å²) >= 11 is 6.11. The lowest BCUT2D eigenvalue weighted by Gasteiger charge is -2.25. The summed E-state index contributed by atoms with van der Waals surface area (Å²) in [7, 11) is 0. The van der Waals surface area contributed by atoms with Crippen molar-refractivity contribution in [2.24, 2.45) is 11.7 Å². The van der Waals surface area contributed by atoms with Crippen LogP contribution in [0.4, 0.5) is 5.69 Å². The van der Waals surface area contributed by atoms with Crippen LogP contribution in [-0.2, 0) is 0 Å². The summed E-state index contributed by atoms with van der Waals surface area (Å²) in [6.45, 7) is 8.43. The molecule has 0 atom stereocenters.